The zero-order valence-corrected chi connectivity index (χ0v) is 12.1. The van der Waals surface area contributed by atoms with Gasteiger partial charge < -0.3 is 15.2 Å². The van der Waals surface area contributed by atoms with Crippen LogP contribution < -0.4 is 10.1 Å². The second-order valence-corrected chi connectivity index (χ2v) is 5.46. The van der Waals surface area contributed by atoms with Crippen molar-refractivity contribution in [2.24, 2.45) is 0 Å². The number of benzene rings is 1. The summed E-state index contributed by atoms with van der Waals surface area (Å²) < 4.78 is 18.7. The molecular weight excluding hydrogens is 297 g/mol. The molecule has 7 heteroatoms. The van der Waals surface area contributed by atoms with Crippen molar-refractivity contribution >= 4 is 28.2 Å². The summed E-state index contributed by atoms with van der Waals surface area (Å²) in [6, 6.07) is 5.28. The van der Waals surface area contributed by atoms with Gasteiger partial charge in [0, 0.05) is 10.9 Å². The number of anilines is 1. The van der Waals surface area contributed by atoms with Gasteiger partial charge in [-0.15, -0.1) is 11.3 Å². The summed E-state index contributed by atoms with van der Waals surface area (Å²) in [5, 5.41) is 11.7. The number of carbonyl (C=O) groups excluding carboxylic acids is 1. The zero-order chi connectivity index (χ0) is 15.6. The van der Waals surface area contributed by atoms with Gasteiger partial charge in [-0.2, -0.15) is 0 Å². The van der Waals surface area contributed by atoms with Crippen LogP contribution in [-0.4, -0.2) is 24.1 Å². The first-order chi connectivity index (χ1) is 9.92. The van der Waals surface area contributed by atoms with Gasteiger partial charge in [-0.3, -0.25) is 4.79 Å². The average Bonchev–Trinajstić information content (AvgIpc) is 2.79. The molecule has 0 aliphatic carbocycles. The molecule has 0 aliphatic heterocycles. The van der Waals surface area contributed by atoms with Gasteiger partial charge in [0.25, 0.3) is 5.91 Å². The van der Waals surface area contributed by atoms with E-state index in [4.69, 9.17) is 9.84 Å². The van der Waals surface area contributed by atoms with Crippen molar-refractivity contribution < 1.29 is 23.8 Å². The summed E-state index contributed by atoms with van der Waals surface area (Å²) in [7, 11) is 1.39. The van der Waals surface area contributed by atoms with E-state index in [-0.39, 0.29) is 16.1 Å². The molecule has 110 valence electrons. The number of amides is 1. The van der Waals surface area contributed by atoms with Gasteiger partial charge in [0.05, 0.1) is 18.2 Å². The number of carbonyl (C=O) groups is 2. The van der Waals surface area contributed by atoms with Gasteiger partial charge in [0.15, 0.2) is 0 Å². The van der Waals surface area contributed by atoms with Crippen molar-refractivity contribution in [1.29, 1.82) is 0 Å². The normalized spacial score (nSPS) is 10.2. The maximum Gasteiger partial charge on any atom is 0.338 e. The Bertz CT molecular complexity index is 711. The molecule has 1 amide bonds. The van der Waals surface area contributed by atoms with Crippen molar-refractivity contribution in [3.05, 3.63) is 46.1 Å². The van der Waals surface area contributed by atoms with E-state index in [1.54, 1.807) is 6.92 Å². The molecule has 1 heterocycles. The average molecular weight is 309 g/mol. The number of hydrogen-bond donors (Lipinski definition) is 2. The fourth-order valence-electron chi connectivity index (χ4n) is 1.74. The molecule has 0 unspecified atom stereocenters. The lowest BCUT2D eigenvalue weighted by Gasteiger charge is -2.06. The molecule has 5 nitrogen and oxygen atoms in total. The quantitative estimate of drug-likeness (QED) is 0.909. The molecule has 0 fully saturated rings. The lowest BCUT2D eigenvalue weighted by Crippen LogP contribution is -2.14. The number of methoxy groups -OCH3 is 1. The van der Waals surface area contributed by atoms with Crippen LogP contribution in [0.4, 0.5) is 9.39 Å². The predicted octanol–water partition coefficient (Wildman–Crippen LogP) is 3.15. The topological polar surface area (TPSA) is 75.6 Å². The minimum atomic E-state index is -1.15. The predicted molar refractivity (Wildman–Crippen MR) is 76.9 cm³/mol. The fourth-order valence-corrected chi connectivity index (χ4v) is 2.64. The van der Waals surface area contributed by atoms with Crippen molar-refractivity contribution in [1.82, 2.24) is 0 Å². The minimum absolute atomic E-state index is 0.0141. The van der Waals surface area contributed by atoms with Crippen LogP contribution in [0.5, 0.6) is 5.75 Å². The fraction of sp³-hybridized carbons (Fsp3) is 0.143. The Kier molecular flexibility index (Phi) is 4.23. The van der Waals surface area contributed by atoms with Crippen molar-refractivity contribution in [3.8, 4) is 5.75 Å². The SMILES string of the molecule is COc1ccc(C(=O)Nc2sc(C)cc2C(=O)O)c(F)c1. The second kappa shape index (κ2) is 5.92. The maximum absolute atomic E-state index is 13.8. The molecule has 0 aliphatic rings. The molecular formula is C14H12FNO4S. The number of aromatic carboxylic acids is 1. The Labute approximate surface area is 124 Å². The van der Waals surface area contributed by atoms with Crippen LogP contribution in [0.2, 0.25) is 0 Å². The molecule has 0 bridgehead atoms. The number of halogens is 1. The highest BCUT2D eigenvalue weighted by atomic mass is 32.1. The highest BCUT2D eigenvalue weighted by Gasteiger charge is 2.18. The van der Waals surface area contributed by atoms with E-state index < -0.39 is 17.7 Å². The first-order valence-electron chi connectivity index (χ1n) is 5.91. The zero-order valence-electron chi connectivity index (χ0n) is 11.3. The molecule has 1 aromatic heterocycles. The number of rotatable bonds is 4. The van der Waals surface area contributed by atoms with Crippen LogP contribution >= 0.6 is 11.3 Å². The number of ether oxygens (including phenoxy) is 1. The van der Waals surface area contributed by atoms with Crippen molar-refractivity contribution in [2.45, 2.75) is 6.92 Å². The van der Waals surface area contributed by atoms with Crippen LogP contribution in [0.15, 0.2) is 24.3 Å². The van der Waals surface area contributed by atoms with E-state index in [1.807, 2.05) is 0 Å². The standard InChI is InChI=1S/C14H12FNO4S/c1-7-5-10(14(18)19)13(21-7)16-12(17)9-4-3-8(20-2)6-11(9)15/h3-6H,1-2H3,(H,16,17)(H,18,19). The van der Waals surface area contributed by atoms with E-state index in [0.717, 1.165) is 22.3 Å². The van der Waals surface area contributed by atoms with Crippen LogP contribution in [0.1, 0.15) is 25.6 Å². The maximum atomic E-state index is 13.8. The van der Waals surface area contributed by atoms with E-state index in [2.05, 4.69) is 5.32 Å². The number of hydrogen-bond acceptors (Lipinski definition) is 4. The molecule has 0 radical (unpaired) electrons. The number of nitrogens with one attached hydrogen (secondary N) is 1. The third-order valence-corrected chi connectivity index (χ3v) is 3.70. The highest BCUT2D eigenvalue weighted by molar-refractivity contribution is 7.16. The van der Waals surface area contributed by atoms with E-state index in [0.29, 0.717) is 5.75 Å². The van der Waals surface area contributed by atoms with Gasteiger partial charge in [-0.1, -0.05) is 0 Å². The number of thiophene rings is 1. The smallest absolute Gasteiger partial charge is 0.338 e. The van der Waals surface area contributed by atoms with E-state index in [1.165, 1.54) is 25.3 Å². The van der Waals surface area contributed by atoms with Gasteiger partial charge in [-0.05, 0) is 25.1 Å². The van der Waals surface area contributed by atoms with E-state index in [9.17, 15) is 14.0 Å². The first-order valence-corrected chi connectivity index (χ1v) is 6.72. The van der Waals surface area contributed by atoms with Gasteiger partial charge in [0.1, 0.15) is 16.6 Å². The van der Waals surface area contributed by atoms with Crippen LogP contribution in [0, 0.1) is 12.7 Å². The Hall–Kier alpha value is -2.41. The van der Waals surface area contributed by atoms with Gasteiger partial charge >= 0.3 is 5.97 Å². The summed E-state index contributed by atoms with van der Waals surface area (Å²) in [6.07, 6.45) is 0. The molecule has 0 saturated carbocycles. The number of aryl methyl sites for hydroxylation is 1. The summed E-state index contributed by atoms with van der Waals surface area (Å²) in [5.41, 5.74) is -0.196. The summed E-state index contributed by atoms with van der Waals surface area (Å²) in [5.74, 6) is -2.30. The molecule has 0 atom stereocenters. The Morgan fingerprint density at radius 3 is 2.57 bits per heavy atom. The lowest BCUT2D eigenvalue weighted by molar-refractivity contribution is 0.0698. The molecule has 2 aromatic rings. The van der Waals surface area contributed by atoms with Crippen molar-refractivity contribution in [3.63, 3.8) is 0 Å². The Morgan fingerprint density at radius 1 is 1.29 bits per heavy atom. The highest BCUT2D eigenvalue weighted by Crippen LogP contribution is 2.28. The monoisotopic (exact) mass is 309 g/mol. The molecule has 2 N–H and O–H groups in total. The van der Waals surface area contributed by atoms with Crippen LogP contribution in [0.3, 0.4) is 0 Å². The molecule has 0 saturated heterocycles. The lowest BCUT2D eigenvalue weighted by atomic mass is 10.2. The number of carboxylic acids is 1. The summed E-state index contributed by atoms with van der Waals surface area (Å²) >= 11 is 1.12. The summed E-state index contributed by atoms with van der Waals surface area (Å²) in [4.78, 5) is 23.8. The molecule has 0 spiro atoms. The number of carboxylic acid groups (broad SMARTS) is 1. The van der Waals surface area contributed by atoms with Crippen LogP contribution in [-0.2, 0) is 0 Å². The minimum Gasteiger partial charge on any atom is -0.497 e. The summed E-state index contributed by atoms with van der Waals surface area (Å²) in [6.45, 7) is 1.72. The van der Waals surface area contributed by atoms with Gasteiger partial charge in [-0.25, -0.2) is 9.18 Å². The third-order valence-electron chi connectivity index (χ3n) is 2.73. The van der Waals surface area contributed by atoms with Crippen molar-refractivity contribution in [2.75, 3.05) is 12.4 Å². The van der Waals surface area contributed by atoms with E-state index >= 15 is 0 Å². The van der Waals surface area contributed by atoms with Gasteiger partial charge in [0.2, 0.25) is 0 Å². The Morgan fingerprint density at radius 2 is 2.00 bits per heavy atom. The molecule has 2 rings (SSSR count). The molecule has 21 heavy (non-hydrogen) atoms. The first kappa shape index (κ1) is 15.0. The Balaban J connectivity index is 2.28. The second-order valence-electron chi connectivity index (χ2n) is 4.20. The third kappa shape index (κ3) is 3.19. The molecule has 1 aromatic carbocycles. The van der Waals surface area contributed by atoms with Crippen LogP contribution in [0.25, 0.3) is 0 Å². The largest absolute Gasteiger partial charge is 0.497 e.